The maximum absolute atomic E-state index is 13.2. The number of phenols is 1. The average Bonchev–Trinajstić information content (AvgIpc) is 3.57. The van der Waals surface area contributed by atoms with Gasteiger partial charge in [0.05, 0.1) is 0 Å². The molecule has 0 aliphatic carbocycles. The van der Waals surface area contributed by atoms with E-state index in [4.69, 9.17) is 0 Å². The molecule has 2 aromatic carbocycles. The van der Waals surface area contributed by atoms with Crippen LogP contribution in [0.1, 0.15) is 24.8 Å². The van der Waals surface area contributed by atoms with Crippen molar-refractivity contribution in [3.63, 3.8) is 0 Å². The lowest BCUT2D eigenvalue weighted by molar-refractivity contribution is -0.120. The van der Waals surface area contributed by atoms with Gasteiger partial charge < -0.3 is 10.4 Å². The van der Waals surface area contributed by atoms with E-state index in [0.717, 1.165) is 40.9 Å². The van der Waals surface area contributed by atoms with Crippen LogP contribution in [0.25, 0.3) is 22.4 Å². The summed E-state index contributed by atoms with van der Waals surface area (Å²) in [5, 5.41) is 19.6. The monoisotopic (exact) mass is 536 g/mol. The second-order valence-electron chi connectivity index (χ2n) is 9.21. The number of sulfonamides is 1. The van der Waals surface area contributed by atoms with Crippen LogP contribution in [-0.4, -0.2) is 46.1 Å². The van der Waals surface area contributed by atoms with E-state index < -0.39 is 16.1 Å². The first-order valence-corrected chi connectivity index (χ1v) is 14.4. The van der Waals surface area contributed by atoms with Gasteiger partial charge >= 0.3 is 0 Å². The number of anilines is 1. The summed E-state index contributed by atoms with van der Waals surface area (Å²) in [6.07, 6.45) is 3.89. The average molecular weight is 537 g/mol. The van der Waals surface area contributed by atoms with Gasteiger partial charge in [-0.15, -0.1) is 11.3 Å². The van der Waals surface area contributed by atoms with Gasteiger partial charge in [-0.2, -0.15) is 9.40 Å². The Bertz CT molecular complexity index is 1530. The van der Waals surface area contributed by atoms with Gasteiger partial charge in [0.15, 0.2) is 0 Å². The van der Waals surface area contributed by atoms with Crippen molar-refractivity contribution in [3.8, 4) is 28.1 Å². The Hall–Kier alpha value is -3.47. The van der Waals surface area contributed by atoms with Crippen molar-refractivity contribution in [2.24, 2.45) is 7.05 Å². The number of aromatic nitrogens is 2. The number of benzene rings is 2. The number of piperidine rings is 1. The number of hydrogen-bond acceptors (Lipinski definition) is 6. The minimum Gasteiger partial charge on any atom is -0.507 e. The van der Waals surface area contributed by atoms with Gasteiger partial charge in [-0.05, 0) is 61.0 Å². The van der Waals surface area contributed by atoms with Crippen LogP contribution in [0.5, 0.6) is 5.75 Å². The summed E-state index contributed by atoms with van der Waals surface area (Å²) in [6, 6.07) is 15.3. The van der Waals surface area contributed by atoms with Crippen LogP contribution in [0.15, 0.2) is 70.4 Å². The highest BCUT2D eigenvalue weighted by Gasteiger charge is 2.38. The third-order valence-electron chi connectivity index (χ3n) is 6.51. The molecule has 5 rings (SSSR count). The lowest BCUT2D eigenvalue weighted by Gasteiger charge is -2.33. The van der Waals surface area contributed by atoms with Crippen molar-refractivity contribution >= 4 is 33.0 Å². The molecule has 192 valence electrons. The lowest BCUT2D eigenvalue weighted by Crippen LogP contribution is -2.49. The second-order valence-corrected chi connectivity index (χ2v) is 12.3. The zero-order valence-corrected chi connectivity index (χ0v) is 22.2. The van der Waals surface area contributed by atoms with Crippen molar-refractivity contribution in [1.82, 2.24) is 14.1 Å². The fourth-order valence-corrected chi connectivity index (χ4v) is 7.45. The van der Waals surface area contributed by atoms with Crippen LogP contribution in [0, 0.1) is 6.92 Å². The van der Waals surface area contributed by atoms with Gasteiger partial charge in [0.25, 0.3) is 10.0 Å². The molecule has 0 spiro atoms. The number of thiophene rings is 1. The molecule has 1 amide bonds. The number of aryl methyl sites for hydroxylation is 2. The number of nitrogens with one attached hydrogen (secondary N) is 1. The Morgan fingerprint density at radius 3 is 2.62 bits per heavy atom. The number of carbonyl (C=O) groups excluding carboxylic acids is 1. The van der Waals surface area contributed by atoms with E-state index in [2.05, 4.69) is 10.4 Å². The fraction of sp³-hybridized carbons (Fsp3) is 0.259. The van der Waals surface area contributed by atoms with E-state index in [1.807, 2.05) is 44.4 Å². The van der Waals surface area contributed by atoms with Gasteiger partial charge in [-0.3, -0.25) is 9.48 Å². The predicted molar refractivity (Wildman–Crippen MR) is 145 cm³/mol. The summed E-state index contributed by atoms with van der Waals surface area (Å²) in [4.78, 5) is 13.2. The molecule has 1 saturated heterocycles. The molecular weight excluding hydrogens is 508 g/mol. The van der Waals surface area contributed by atoms with Crippen molar-refractivity contribution < 1.29 is 18.3 Å². The molecule has 1 unspecified atom stereocenters. The molecule has 0 radical (unpaired) electrons. The summed E-state index contributed by atoms with van der Waals surface area (Å²) in [5.41, 5.74) is 4.63. The maximum Gasteiger partial charge on any atom is 0.253 e. The molecule has 4 aromatic rings. The summed E-state index contributed by atoms with van der Waals surface area (Å²) in [6.45, 7) is 2.29. The molecule has 0 bridgehead atoms. The van der Waals surface area contributed by atoms with Crippen LogP contribution in [0.3, 0.4) is 0 Å². The first-order chi connectivity index (χ1) is 17.7. The van der Waals surface area contributed by atoms with E-state index in [-0.39, 0.29) is 15.9 Å². The van der Waals surface area contributed by atoms with Crippen LogP contribution in [0.4, 0.5) is 5.69 Å². The van der Waals surface area contributed by atoms with Crippen LogP contribution in [-0.2, 0) is 21.9 Å². The first-order valence-electron chi connectivity index (χ1n) is 12.0. The molecule has 10 heteroatoms. The largest absolute Gasteiger partial charge is 0.507 e. The third kappa shape index (κ3) is 5.04. The highest BCUT2D eigenvalue weighted by atomic mass is 32.2. The van der Waals surface area contributed by atoms with Crippen LogP contribution < -0.4 is 5.32 Å². The molecule has 0 saturated carbocycles. The van der Waals surface area contributed by atoms with Gasteiger partial charge in [-0.25, -0.2) is 8.42 Å². The topological polar surface area (TPSA) is 105 Å². The van der Waals surface area contributed by atoms with Gasteiger partial charge in [0.2, 0.25) is 5.91 Å². The number of amides is 1. The Kier molecular flexibility index (Phi) is 6.89. The summed E-state index contributed by atoms with van der Waals surface area (Å²) < 4.78 is 29.6. The number of carbonyl (C=O) groups is 1. The van der Waals surface area contributed by atoms with Crippen LogP contribution in [0.2, 0.25) is 0 Å². The molecular formula is C27H28N4O4S2. The minimum absolute atomic E-state index is 0.156. The number of rotatable bonds is 6. The molecule has 1 atom stereocenters. The number of hydrogen-bond donors (Lipinski definition) is 2. The quantitative estimate of drug-likeness (QED) is 0.360. The molecule has 1 fully saturated rings. The second kappa shape index (κ2) is 10.1. The highest BCUT2D eigenvalue weighted by Crippen LogP contribution is 2.37. The smallest absolute Gasteiger partial charge is 0.253 e. The maximum atomic E-state index is 13.2. The highest BCUT2D eigenvalue weighted by molar-refractivity contribution is 7.91. The molecule has 1 aliphatic heterocycles. The van der Waals surface area contributed by atoms with E-state index in [1.54, 1.807) is 40.4 Å². The zero-order valence-electron chi connectivity index (χ0n) is 20.6. The van der Waals surface area contributed by atoms with E-state index in [1.165, 1.54) is 4.31 Å². The lowest BCUT2D eigenvalue weighted by atomic mass is 9.99. The Balaban J connectivity index is 1.37. The first kappa shape index (κ1) is 25.2. The molecule has 8 nitrogen and oxygen atoms in total. The minimum atomic E-state index is -3.72. The molecule has 3 heterocycles. The molecule has 2 N–H and O–H groups in total. The summed E-state index contributed by atoms with van der Waals surface area (Å²) in [5.74, 6) is -0.177. The zero-order chi connectivity index (χ0) is 26.2. The van der Waals surface area contributed by atoms with Crippen molar-refractivity contribution in [2.75, 3.05) is 11.9 Å². The van der Waals surface area contributed by atoms with Crippen molar-refractivity contribution in [1.29, 1.82) is 0 Å². The van der Waals surface area contributed by atoms with E-state index >= 15 is 0 Å². The molecule has 2 aromatic heterocycles. The van der Waals surface area contributed by atoms with E-state index in [0.29, 0.717) is 29.9 Å². The predicted octanol–water partition coefficient (Wildman–Crippen LogP) is 5.01. The fourth-order valence-electron chi connectivity index (χ4n) is 4.68. The summed E-state index contributed by atoms with van der Waals surface area (Å²) in [7, 11) is -1.89. The normalized spacial score (nSPS) is 16.5. The van der Waals surface area contributed by atoms with Gasteiger partial charge in [0, 0.05) is 36.6 Å². The Morgan fingerprint density at radius 2 is 1.89 bits per heavy atom. The third-order valence-corrected chi connectivity index (χ3v) is 9.79. The van der Waals surface area contributed by atoms with Crippen molar-refractivity contribution in [2.45, 2.75) is 36.4 Å². The number of aromatic hydroxyl groups is 1. The van der Waals surface area contributed by atoms with E-state index in [9.17, 15) is 18.3 Å². The Morgan fingerprint density at radius 1 is 1.11 bits per heavy atom. The SMILES string of the molecule is Cc1ccc(O)c(-c2nn(C)cc2-c2ccc(NC(=O)C3CCCCN3S(=O)(=O)c3cccs3)cc2)c1. The standard InChI is InChI=1S/C27H28N4O4S2/c1-18-8-13-24(32)21(16-18)26-22(17-30(2)29-26)19-9-11-20(12-10-19)28-27(33)23-6-3-4-14-31(23)37(34,35)25-7-5-15-36-25/h5,7-13,15-17,23,32H,3-4,6,14H2,1-2H3,(H,28,33). The van der Waals surface area contributed by atoms with Gasteiger partial charge in [0.1, 0.15) is 21.7 Å². The number of nitrogens with zero attached hydrogens (tertiary/aromatic N) is 3. The van der Waals surface area contributed by atoms with Crippen LogP contribution >= 0.6 is 11.3 Å². The molecule has 37 heavy (non-hydrogen) atoms. The number of phenolic OH excluding ortho intramolecular Hbond substituents is 1. The van der Waals surface area contributed by atoms with Crippen molar-refractivity contribution in [3.05, 3.63) is 71.7 Å². The summed E-state index contributed by atoms with van der Waals surface area (Å²) >= 11 is 1.16. The molecule has 1 aliphatic rings. The Labute approximate surface area is 220 Å². The van der Waals surface area contributed by atoms with Gasteiger partial charge in [-0.1, -0.05) is 36.2 Å².